The van der Waals surface area contributed by atoms with Gasteiger partial charge in [0.1, 0.15) is 6.61 Å². The van der Waals surface area contributed by atoms with Gasteiger partial charge in [-0.1, -0.05) is 50.2 Å². The van der Waals surface area contributed by atoms with E-state index < -0.39 is 6.09 Å². The maximum absolute atomic E-state index is 12.6. The molecule has 0 saturated heterocycles. The molecule has 0 aliphatic carbocycles. The van der Waals surface area contributed by atoms with Crippen LogP contribution < -0.4 is 4.90 Å². The molecule has 1 amide bonds. The van der Waals surface area contributed by atoms with Gasteiger partial charge in [-0.2, -0.15) is 0 Å². The van der Waals surface area contributed by atoms with Crippen LogP contribution in [0.5, 0.6) is 0 Å². The smallest absolute Gasteiger partial charge is 0.414 e. The summed E-state index contributed by atoms with van der Waals surface area (Å²) in [6.07, 6.45) is 0.701. The zero-order valence-electron chi connectivity index (χ0n) is 16.0. The summed E-state index contributed by atoms with van der Waals surface area (Å²) in [6, 6.07) is 13.5. The van der Waals surface area contributed by atoms with E-state index in [1.54, 1.807) is 4.90 Å². The van der Waals surface area contributed by atoms with Gasteiger partial charge in [-0.3, -0.25) is 9.69 Å². The van der Waals surface area contributed by atoms with Crippen molar-refractivity contribution in [2.75, 3.05) is 11.4 Å². The minimum Gasteiger partial charge on any atom is -0.444 e. The molecule has 1 aliphatic rings. The number of fused-ring (bicyclic) bond motifs is 1. The van der Waals surface area contributed by atoms with Gasteiger partial charge in [-0.05, 0) is 43.0 Å². The molecule has 2 aromatic rings. The third-order valence-corrected chi connectivity index (χ3v) is 4.23. The van der Waals surface area contributed by atoms with Crippen molar-refractivity contribution in [3.8, 4) is 0 Å². The first-order chi connectivity index (χ1) is 12.6. The van der Waals surface area contributed by atoms with E-state index in [-0.39, 0.29) is 12.4 Å². The number of hydrogen-bond acceptors (Lipinski definition) is 3. The molecule has 2 aromatic carbocycles. The van der Waals surface area contributed by atoms with Crippen molar-refractivity contribution < 1.29 is 14.3 Å². The highest BCUT2D eigenvalue weighted by Crippen LogP contribution is 2.31. The predicted molar refractivity (Wildman–Crippen MR) is 105 cm³/mol. The number of nitrogens with zero attached hydrogens (tertiary/aromatic N) is 1. The second-order valence-electron chi connectivity index (χ2n) is 6.20. The molecule has 0 radical (unpaired) electrons. The van der Waals surface area contributed by atoms with Crippen LogP contribution in [0.1, 0.15) is 53.7 Å². The number of amides is 1. The van der Waals surface area contributed by atoms with E-state index in [9.17, 15) is 9.59 Å². The normalized spacial score (nSPS) is 13.2. The minimum atomic E-state index is -0.401. The van der Waals surface area contributed by atoms with Crippen LogP contribution in [-0.4, -0.2) is 18.4 Å². The summed E-state index contributed by atoms with van der Waals surface area (Å²) >= 11 is 0. The van der Waals surface area contributed by atoms with Crippen LogP contribution in [0.15, 0.2) is 42.5 Å². The van der Waals surface area contributed by atoms with E-state index in [4.69, 9.17) is 4.74 Å². The first-order valence-corrected chi connectivity index (χ1v) is 9.19. The van der Waals surface area contributed by atoms with E-state index in [2.05, 4.69) is 0 Å². The van der Waals surface area contributed by atoms with Crippen LogP contribution in [0.25, 0.3) is 0 Å². The third-order valence-electron chi connectivity index (χ3n) is 4.23. The lowest BCUT2D eigenvalue weighted by molar-refractivity contribution is 0.0983. The molecule has 0 fully saturated rings. The van der Waals surface area contributed by atoms with Crippen LogP contribution in [0.2, 0.25) is 0 Å². The molecule has 0 atom stereocenters. The molecule has 0 N–H and O–H groups in total. The van der Waals surface area contributed by atoms with Crippen LogP contribution >= 0.6 is 0 Å². The molecular weight excluding hydrogens is 326 g/mol. The molecule has 1 aliphatic heterocycles. The largest absolute Gasteiger partial charge is 0.444 e. The Bertz CT molecular complexity index is 768. The Morgan fingerprint density at radius 3 is 2.50 bits per heavy atom. The number of ketones is 1. The highest BCUT2D eigenvalue weighted by molar-refractivity contribution is 6.06. The summed E-state index contributed by atoms with van der Waals surface area (Å²) in [5, 5.41) is 0. The van der Waals surface area contributed by atoms with Crippen molar-refractivity contribution in [3.05, 3.63) is 64.7 Å². The van der Waals surface area contributed by atoms with Gasteiger partial charge < -0.3 is 4.74 Å². The fraction of sp³-hybridized carbons (Fsp3) is 0.364. The van der Waals surface area contributed by atoms with Crippen LogP contribution in [-0.2, 0) is 11.3 Å². The summed E-state index contributed by atoms with van der Waals surface area (Å²) in [4.78, 5) is 26.6. The maximum atomic E-state index is 12.6. The Hall–Kier alpha value is -2.62. The molecule has 1 heterocycles. The number of carbonyl (C=O) groups excluding carboxylic acids is 2. The lowest BCUT2D eigenvalue weighted by Gasteiger charge is -2.24. The molecule has 26 heavy (non-hydrogen) atoms. The van der Waals surface area contributed by atoms with Crippen molar-refractivity contribution in [1.29, 1.82) is 0 Å². The second kappa shape index (κ2) is 9.18. The molecular formula is C22H27NO3. The Kier molecular flexibility index (Phi) is 6.96. The van der Waals surface area contributed by atoms with Gasteiger partial charge in [0.25, 0.3) is 0 Å². The number of rotatable bonds is 2. The molecule has 0 unspecified atom stereocenters. The summed E-state index contributed by atoms with van der Waals surface area (Å²) in [7, 11) is 0. The predicted octanol–water partition coefficient (Wildman–Crippen LogP) is 5.45. The number of ether oxygens (including phenoxy) is 1. The van der Waals surface area contributed by atoms with Crippen molar-refractivity contribution in [3.63, 3.8) is 0 Å². The van der Waals surface area contributed by atoms with E-state index in [1.807, 2.05) is 70.2 Å². The average Bonchev–Trinajstić information content (AvgIpc) is 2.82. The third kappa shape index (κ3) is 4.51. The van der Waals surface area contributed by atoms with Gasteiger partial charge in [-0.25, -0.2) is 4.79 Å². The Morgan fingerprint density at radius 1 is 1.12 bits per heavy atom. The van der Waals surface area contributed by atoms with Crippen LogP contribution in [0.4, 0.5) is 10.5 Å². The summed E-state index contributed by atoms with van der Waals surface area (Å²) in [5.74, 6) is 0.0927. The van der Waals surface area contributed by atoms with Crippen LogP contribution in [0.3, 0.4) is 0 Å². The molecule has 4 nitrogen and oxygen atoms in total. The zero-order valence-corrected chi connectivity index (χ0v) is 16.0. The van der Waals surface area contributed by atoms with Crippen molar-refractivity contribution in [2.45, 2.75) is 47.1 Å². The minimum absolute atomic E-state index is 0.0927. The van der Waals surface area contributed by atoms with Gasteiger partial charge in [0.2, 0.25) is 0 Å². The quantitative estimate of drug-likeness (QED) is 0.721. The fourth-order valence-corrected chi connectivity index (χ4v) is 3.15. The fourth-order valence-electron chi connectivity index (χ4n) is 3.15. The molecule has 0 saturated carbocycles. The maximum Gasteiger partial charge on any atom is 0.414 e. The topological polar surface area (TPSA) is 46.6 Å². The number of hydrogen-bond donors (Lipinski definition) is 0. The SMILES string of the molecule is CC.Cc1cc(C)c2c(c1)C(=O)CCCN2C(=O)OCc1ccccc1. The highest BCUT2D eigenvalue weighted by Gasteiger charge is 2.28. The van der Waals surface area contributed by atoms with Gasteiger partial charge in [0, 0.05) is 18.5 Å². The van der Waals surface area contributed by atoms with E-state index in [1.165, 1.54) is 0 Å². The molecule has 3 rings (SSSR count). The number of anilines is 1. The Labute approximate surface area is 155 Å². The number of carbonyl (C=O) groups is 2. The second-order valence-corrected chi connectivity index (χ2v) is 6.20. The van der Waals surface area contributed by atoms with Gasteiger partial charge in [0.15, 0.2) is 5.78 Å². The van der Waals surface area contributed by atoms with E-state index in [0.29, 0.717) is 30.6 Å². The summed E-state index contributed by atoms with van der Waals surface area (Å²) < 4.78 is 5.48. The molecule has 4 heteroatoms. The zero-order chi connectivity index (χ0) is 19.1. The average molecular weight is 353 g/mol. The van der Waals surface area contributed by atoms with Gasteiger partial charge in [0.05, 0.1) is 5.69 Å². The summed E-state index contributed by atoms with van der Waals surface area (Å²) in [5.41, 5.74) is 4.22. The van der Waals surface area contributed by atoms with Crippen molar-refractivity contribution in [1.82, 2.24) is 0 Å². The Morgan fingerprint density at radius 2 is 1.81 bits per heavy atom. The summed E-state index contributed by atoms with van der Waals surface area (Å²) in [6.45, 7) is 8.62. The van der Waals surface area contributed by atoms with Gasteiger partial charge in [-0.15, -0.1) is 0 Å². The van der Waals surface area contributed by atoms with E-state index >= 15 is 0 Å². The molecule has 0 bridgehead atoms. The first kappa shape index (κ1) is 19.7. The standard InChI is InChI=1S/C20H21NO3.C2H6/c1-14-11-15(2)19-17(12-14)18(22)9-6-10-21(19)20(23)24-13-16-7-4-3-5-8-16;1-2/h3-5,7-8,11-12H,6,9-10,13H2,1-2H3;1-2H3. The lowest BCUT2D eigenvalue weighted by Crippen LogP contribution is -2.33. The van der Waals surface area contributed by atoms with Crippen molar-refractivity contribution >= 4 is 17.6 Å². The van der Waals surface area contributed by atoms with Crippen molar-refractivity contribution in [2.24, 2.45) is 0 Å². The molecule has 0 spiro atoms. The van der Waals surface area contributed by atoms with Gasteiger partial charge >= 0.3 is 6.09 Å². The molecule has 0 aromatic heterocycles. The van der Waals surface area contributed by atoms with E-state index in [0.717, 1.165) is 16.7 Å². The monoisotopic (exact) mass is 353 g/mol. The number of aryl methyl sites for hydroxylation is 2. The number of benzene rings is 2. The Balaban J connectivity index is 0.00000117. The highest BCUT2D eigenvalue weighted by atomic mass is 16.6. The lowest BCUT2D eigenvalue weighted by atomic mass is 10.00. The number of Topliss-reactive ketones (excluding diaryl/α,β-unsaturated/α-hetero) is 1. The first-order valence-electron chi connectivity index (χ1n) is 9.19. The molecule has 138 valence electrons. The van der Waals surface area contributed by atoms with Crippen LogP contribution in [0, 0.1) is 13.8 Å².